The lowest BCUT2D eigenvalue weighted by atomic mass is 9.72. The van der Waals surface area contributed by atoms with Gasteiger partial charge in [0.05, 0.1) is 5.69 Å². The minimum atomic E-state index is 0.225. The first-order valence-corrected chi connectivity index (χ1v) is 7.95. The highest BCUT2D eigenvalue weighted by atomic mass is 15.3. The van der Waals surface area contributed by atoms with Gasteiger partial charge in [0.1, 0.15) is 0 Å². The molecule has 3 heteroatoms. The van der Waals surface area contributed by atoms with Crippen molar-refractivity contribution in [3.8, 4) is 0 Å². The fourth-order valence-corrected chi connectivity index (χ4v) is 3.02. The van der Waals surface area contributed by atoms with Crippen LogP contribution in [0.2, 0.25) is 0 Å². The Kier molecular flexibility index (Phi) is 3.85. The van der Waals surface area contributed by atoms with Gasteiger partial charge in [-0.25, -0.2) is 0 Å². The van der Waals surface area contributed by atoms with Crippen molar-refractivity contribution in [3.63, 3.8) is 0 Å². The highest BCUT2D eigenvalue weighted by molar-refractivity contribution is 5.34. The molecule has 1 aliphatic rings. The van der Waals surface area contributed by atoms with Gasteiger partial charge in [-0.1, -0.05) is 36.8 Å². The Morgan fingerprint density at radius 1 is 1.24 bits per heavy atom. The molecule has 0 spiro atoms. The van der Waals surface area contributed by atoms with Crippen LogP contribution < -0.4 is 5.32 Å². The van der Waals surface area contributed by atoms with Crippen LogP contribution in [0.4, 0.5) is 0 Å². The van der Waals surface area contributed by atoms with Gasteiger partial charge in [0.25, 0.3) is 0 Å². The van der Waals surface area contributed by atoms with E-state index in [0.717, 1.165) is 25.9 Å². The maximum absolute atomic E-state index is 4.78. The van der Waals surface area contributed by atoms with Crippen molar-refractivity contribution in [2.75, 3.05) is 13.1 Å². The van der Waals surface area contributed by atoms with E-state index in [1.165, 1.54) is 16.8 Å². The molecule has 1 atom stereocenters. The van der Waals surface area contributed by atoms with Crippen molar-refractivity contribution in [1.82, 2.24) is 15.1 Å². The van der Waals surface area contributed by atoms with Crippen LogP contribution >= 0.6 is 0 Å². The molecule has 1 aromatic carbocycles. The number of nitrogens with one attached hydrogen (secondary N) is 1. The Labute approximate surface area is 127 Å². The van der Waals surface area contributed by atoms with Gasteiger partial charge in [0.15, 0.2) is 0 Å². The Bertz CT molecular complexity index is 593. The standard InChI is InChI=1S/C18H25N3/c1-4-15(3)21-10-9-17(20-21)11-18(12-19-13-18)16-7-5-14(2)6-8-16/h5-10,15,19H,4,11-13H2,1-3H3. The molecule has 0 aliphatic carbocycles. The maximum Gasteiger partial charge on any atom is 0.0634 e. The third-order valence-corrected chi connectivity index (χ3v) is 4.82. The lowest BCUT2D eigenvalue weighted by Crippen LogP contribution is -2.58. The molecule has 1 saturated heterocycles. The van der Waals surface area contributed by atoms with Gasteiger partial charge in [-0.2, -0.15) is 5.10 Å². The Balaban J connectivity index is 1.81. The average molecular weight is 283 g/mol. The number of aromatic nitrogens is 2. The highest BCUT2D eigenvalue weighted by Gasteiger charge is 2.39. The largest absolute Gasteiger partial charge is 0.315 e. The summed E-state index contributed by atoms with van der Waals surface area (Å²) in [5, 5.41) is 8.22. The monoisotopic (exact) mass is 283 g/mol. The summed E-state index contributed by atoms with van der Waals surface area (Å²) in [7, 11) is 0. The second-order valence-corrected chi connectivity index (χ2v) is 6.47. The maximum atomic E-state index is 4.78. The molecule has 112 valence electrons. The Hall–Kier alpha value is -1.61. The third-order valence-electron chi connectivity index (χ3n) is 4.82. The molecular weight excluding hydrogens is 258 g/mol. The molecule has 0 saturated carbocycles. The van der Waals surface area contributed by atoms with Crippen LogP contribution in [0.5, 0.6) is 0 Å². The molecule has 3 rings (SSSR count). The molecule has 1 fully saturated rings. The predicted octanol–water partition coefficient (Wildman–Crippen LogP) is 3.25. The molecule has 1 N–H and O–H groups in total. The lowest BCUT2D eigenvalue weighted by molar-refractivity contribution is 0.271. The molecule has 0 amide bonds. The lowest BCUT2D eigenvalue weighted by Gasteiger charge is -2.43. The van der Waals surface area contributed by atoms with Gasteiger partial charge in [-0.05, 0) is 31.9 Å². The van der Waals surface area contributed by atoms with Gasteiger partial charge in [-0.3, -0.25) is 4.68 Å². The molecule has 21 heavy (non-hydrogen) atoms. The van der Waals surface area contributed by atoms with Crippen LogP contribution in [0, 0.1) is 6.92 Å². The first-order chi connectivity index (χ1) is 10.1. The van der Waals surface area contributed by atoms with E-state index in [2.05, 4.69) is 67.3 Å². The van der Waals surface area contributed by atoms with E-state index in [1.807, 2.05) is 0 Å². The zero-order valence-electron chi connectivity index (χ0n) is 13.3. The molecular formula is C18H25N3. The summed E-state index contributed by atoms with van der Waals surface area (Å²) in [4.78, 5) is 0. The van der Waals surface area contributed by atoms with Crippen molar-refractivity contribution < 1.29 is 0 Å². The number of aryl methyl sites for hydroxylation is 1. The van der Waals surface area contributed by atoms with Gasteiger partial charge in [-0.15, -0.1) is 0 Å². The number of benzene rings is 1. The van der Waals surface area contributed by atoms with Crippen molar-refractivity contribution in [3.05, 3.63) is 53.3 Å². The normalized spacial score (nSPS) is 18.2. The van der Waals surface area contributed by atoms with E-state index < -0.39 is 0 Å². The first-order valence-electron chi connectivity index (χ1n) is 7.95. The molecule has 1 unspecified atom stereocenters. The van der Waals surface area contributed by atoms with Crippen LogP contribution in [-0.2, 0) is 11.8 Å². The summed E-state index contributed by atoms with van der Waals surface area (Å²) >= 11 is 0. The molecule has 0 bridgehead atoms. The summed E-state index contributed by atoms with van der Waals surface area (Å²) in [5.74, 6) is 0. The number of rotatable bonds is 5. The molecule has 3 nitrogen and oxygen atoms in total. The van der Waals surface area contributed by atoms with Crippen LogP contribution in [0.3, 0.4) is 0 Å². The fraction of sp³-hybridized carbons (Fsp3) is 0.500. The highest BCUT2D eigenvalue weighted by Crippen LogP contribution is 2.32. The zero-order chi connectivity index (χ0) is 14.9. The summed E-state index contributed by atoms with van der Waals surface area (Å²) in [6.07, 6.45) is 4.26. The minimum absolute atomic E-state index is 0.225. The zero-order valence-corrected chi connectivity index (χ0v) is 13.3. The number of nitrogens with zero attached hydrogens (tertiary/aromatic N) is 2. The molecule has 1 aliphatic heterocycles. The van der Waals surface area contributed by atoms with Crippen molar-refractivity contribution in [2.24, 2.45) is 0 Å². The van der Waals surface area contributed by atoms with Crippen LogP contribution in [0.1, 0.15) is 43.1 Å². The summed E-state index contributed by atoms with van der Waals surface area (Å²) in [5.41, 5.74) is 4.19. The molecule has 2 aromatic rings. The molecule has 1 aromatic heterocycles. The smallest absolute Gasteiger partial charge is 0.0634 e. The van der Waals surface area contributed by atoms with Crippen LogP contribution in [0.15, 0.2) is 36.5 Å². The summed E-state index contributed by atoms with van der Waals surface area (Å²) in [6, 6.07) is 11.7. The van der Waals surface area contributed by atoms with Gasteiger partial charge >= 0.3 is 0 Å². The van der Waals surface area contributed by atoms with E-state index in [0.29, 0.717) is 6.04 Å². The van der Waals surface area contributed by atoms with Crippen molar-refractivity contribution in [2.45, 2.75) is 45.1 Å². The minimum Gasteiger partial charge on any atom is -0.315 e. The summed E-state index contributed by atoms with van der Waals surface area (Å²) < 4.78 is 2.10. The Morgan fingerprint density at radius 2 is 1.95 bits per heavy atom. The Morgan fingerprint density at radius 3 is 2.52 bits per heavy atom. The van der Waals surface area contributed by atoms with Crippen molar-refractivity contribution >= 4 is 0 Å². The average Bonchev–Trinajstić information content (AvgIpc) is 2.91. The van der Waals surface area contributed by atoms with Gasteiger partial charge in [0, 0.05) is 37.2 Å². The molecule has 0 radical (unpaired) electrons. The van der Waals surface area contributed by atoms with Crippen LogP contribution in [-0.4, -0.2) is 22.9 Å². The second kappa shape index (κ2) is 5.64. The number of hydrogen-bond acceptors (Lipinski definition) is 2. The second-order valence-electron chi connectivity index (χ2n) is 6.47. The van der Waals surface area contributed by atoms with E-state index in [1.54, 1.807) is 0 Å². The first kappa shape index (κ1) is 14.3. The summed E-state index contributed by atoms with van der Waals surface area (Å²) in [6.45, 7) is 8.66. The van der Waals surface area contributed by atoms with E-state index in [9.17, 15) is 0 Å². The quantitative estimate of drug-likeness (QED) is 0.913. The predicted molar refractivity (Wildman–Crippen MR) is 86.7 cm³/mol. The topological polar surface area (TPSA) is 29.9 Å². The molecule has 2 heterocycles. The van der Waals surface area contributed by atoms with E-state index in [4.69, 9.17) is 5.10 Å². The van der Waals surface area contributed by atoms with Crippen molar-refractivity contribution in [1.29, 1.82) is 0 Å². The SMILES string of the molecule is CCC(C)n1ccc(CC2(c3ccc(C)cc3)CNC2)n1. The van der Waals surface area contributed by atoms with E-state index >= 15 is 0 Å². The number of hydrogen-bond donors (Lipinski definition) is 1. The third kappa shape index (κ3) is 2.75. The van der Waals surface area contributed by atoms with Crippen LogP contribution in [0.25, 0.3) is 0 Å². The van der Waals surface area contributed by atoms with Gasteiger partial charge < -0.3 is 5.32 Å². The van der Waals surface area contributed by atoms with E-state index in [-0.39, 0.29) is 5.41 Å². The van der Waals surface area contributed by atoms with Gasteiger partial charge in [0.2, 0.25) is 0 Å². The fourth-order valence-electron chi connectivity index (χ4n) is 3.02.